The lowest BCUT2D eigenvalue weighted by Gasteiger charge is -2.32. The second kappa shape index (κ2) is 8.79. The van der Waals surface area contributed by atoms with Gasteiger partial charge in [-0.15, -0.1) is 10.2 Å². The van der Waals surface area contributed by atoms with E-state index in [0.29, 0.717) is 37.7 Å². The summed E-state index contributed by atoms with van der Waals surface area (Å²) in [5.41, 5.74) is 1.43. The molecule has 1 saturated heterocycles. The van der Waals surface area contributed by atoms with Crippen LogP contribution in [0.5, 0.6) is 0 Å². The van der Waals surface area contributed by atoms with E-state index >= 15 is 0 Å². The topological polar surface area (TPSA) is 80.4 Å². The summed E-state index contributed by atoms with van der Waals surface area (Å²) in [7, 11) is 0. The van der Waals surface area contributed by atoms with Gasteiger partial charge in [0.25, 0.3) is 0 Å². The molecule has 1 atom stereocenters. The summed E-state index contributed by atoms with van der Waals surface area (Å²) in [6, 6.07) is 2.29. The molecule has 0 bridgehead atoms. The molecule has 1 fully saturated rings. The summed E-state index contributed by atoms with van der Waals surface area (Å²) in [4.78, 5) is 14.7. The molecule has 0 saturated carbocycles. The van der Waals surface area contributed by atoms with Crippen molar-refractivity contribution in [3.63, 3.8) is 0 Å². The third-order valence-electron chi connectivity index (χ3n) is 5.74. The molecule has 1 amide bonds. The third-order valence-corrected chi connectivity index (χ3v) is 5.74. The first-order chi connectivity index (χ1) is 15.3. The van der Waals surface area contributed by atoms with Crippen molar-refractivity contribution in [2.24, 2.45) is 5.92 Å². The average molecular weight is 449 g/mol. The summed E-state index contributed by atoms with van der Waals surface area (Å²) < 4.78 is 42.6. The number of amides is 1. The number of carbonyl (C=O) groups is 1. The Morgan fingerprint density at radius 1 is 1.25 bits per heavy atom. The molecule has 4 rings (SSSR count). The van der Waals surface area contributed by atoms with Crippen LogP contribution in [-0.4, -0.2) is 43.4 Å². The van der Waals surface area contributed by atoms with E-state index in [1.807, 2.05) is 22.7 Å². The molecular weight excluding hydrogens is 423 g/mol. The lowest BCUT2D eigenvalue weighted by atomic mass is 9.97. The molecule has 1 N–H and O–H groups in total. The van der Waals surface area contributed by atoms with Crippen LogP contribution in [0.1, 0.15) is 43.0 Å². The van der Waals surface area contributed by atoms with Gasteiger partial charge in [-0.3, -0.25) is 13.9 Å². The van der Waals surface area contributed by atoms with E-state index in [2.05, 4.69) is 27.5 Å². The lowest BCUT2D eigenvalue weighted by Crippen LogP contribution is -2.43. The first-order valence-electron chi connectivity index (χ1n) is 10.7. The number of hydrogen-bond acceptors (Lipinski definition) is 5. The van der Waals surface area contributed by atoms with Crippen molar-refractivity contribution in [1.82, 2.24) is 29.7 Å². The summed E-state index contributed by atoms with van der Waals surface area (Å²) in [5, 5.41) is 15.5. The zero-order valence-electron chi connectivity index (χ0n) is 18.1. The highest BCUT2D eigenvalue weighted by molar-refractivity contribution is 5.79. The van der Waals surface area contributed by atoms with Gasteiger partial charge in [-0.2, -0.15) is 18.3 Å². The van der Waals surface area contributed by atoms with Crippen molar-refractivity contribution >= 4 is 17.5 Å². The van der Waals surface area contributed by atoms with Gasteiger partial charge in [0, 0.05) is 44.1 Å². The normalized spacial score (nSPS) is 17.2. The maximum atomic E-state index is 13.1. The van der Waals surface area contributed by atoms with Crippen LogP contribution in [0.3, 0.4) is 0 Å². The van der Waals surface area contributed by atoms with E-state index in [1.165, 1.54) is 10.5 Å². The quantitative estimate of drug-likeness (QED) is 0.625. The van der Waals surface area contributed by atoms with Crippen molar-refractivity contribution < 1.29 is 18.0 Å². The highest BCUT2D eigenvalue weighted by atomic mass is 19.4. The molecule has 3 aromatic rings. The number of nitrogens with zero attached hydrogens (tertiary/aromatic N) is 6. The molecule has 1 unspecified atom stereocenters. The summed E-state index contributed by atoms with van der Waals surface area (Å²) in [6.07, 6.45) is 0.925. The number of piperidine rings is 1. The number of aromatic nitrogens is 5. The van der Waals surface area contributed by atoms with Crippen LogP contribution in [0.4, 0.5) is 19.1 Å². The highest BCUT2D eigenvalue weighted by Crippen LogP contribution is 2.30. The molecule has 1 aliphatic rings. The minimum atomic E-state index is -4.46. The largest absolute Gasteiger partial charge is 0.417 e. The van der Waals surface area contributed by atoms with Crippen LogP contribution in [0.15, 0.2) is 24.5 Å². The van der Waals surface area contributed by atoms with Crippen LogP contribution < -0.4 is 10.2 Å². The van der Waals surface area contributed by atoms with E-state index in [9.17, 15) is 18.0 Å². The molecule has 0 aliphatic carbocycles. The molecule has 172 valence electrons. The average Bonchev–Trinajstić information content (AvgIpc) is 3.34. The molecule has 11 heteroatoms. The number of fused-ring (bicyclic) bond motifs is 1. The first kappa shape index (κ1) is 22.1. The smallest absolute Gasteiger partial charge is 0.352 e. The summed E-state index contributed by atoms with van der Waals surface area (Å²) >= 11 is 0. The highest BCUT2D eigenvalue weighted by Gasteiger charge is 2.32. The Hall–Kier alpha value is -3.11. The third kappa shape index (κ3) is 4.56. The van der Waals surface area contributed by atoms with Gasteiger partial charge in [-0.25, -0.2) is 0 Å². The van der Waals surface area contributed by atoms with E-state index < -0.39 is 11.7 Å². The first-order valence-corrected chi connectivity index (χ1v) is 10.7. The number of halogens is 3. The minimum Gasteiger partial charge on any atom is -0.352 e. The van der Waals surface area contributed by atoms with Crippen LogP contribution >= 0.6 is 0 Å². The van der Waals surface area contributed by atoms with E-state index in [4.69, 9.17) is 0 Å². The van der Waals surface area contributed by atoms with Gasteiger partial charge in [-0.1, -0.05) is 6.92 Å². The van der Waals surface area contributed by atoms with Crippen LogP contribution in [0.2, 0.25) is 0 Å². The van der Waals surface area contributed by atoms with Gasteiger partial charge in [0.15, 0.2) is 5.65 Å². The molecule has 32 heavy (non-hydrogen) atoms. The maximum Gasteiger partial charge on any atom is 0.417 e. The number of alkyl halides is 3. The summed E-state index contributed by atoms with van der Waals surface area (Å²) in [6.45, 7) is 6.19. The number of nitrogens with one attached hydrogen (secondary N) is 1. The monoisotopic (exact) mass is 449 g/mol. The van der Waals surface area contributed by atoms with Gasteiger partial charge >= 0.3 is 6.18 Å². The molecule has 0 aromatic carbocycles. The molecule has 8 nitrogen and oxygen atoms in total. The second-order valence-corrected chi connectivity index (χ2v) is 8.15. The van der Waals surface area contributed by atoms with Crippen molar-refractivity contribution in [1.29, 1.82) is 0 Å². The van der Waals surface area contributed by atoms with Crippen molar-refractivity contribution in [3.8, 4) is 0 Å². The number of anilines is 1. The Labute approximate surface area is 183 Å². The van der Waals surface area contributed by atoms with E-state index in [-0.39, 0.29) is 11.8 Å². The van der Waals surface area contributed by atoms with E-state index in [0.717, 1.165) is 42.9 Å². The van der Waals surface area contributed by atoms with E-state index in [1.54, 1.807) is 0 Å². The predicted molar refractivity (Wildman–Crippen MR) is 112 cm³/mol. The molecule has 1 aliphatic heterocycles. The molecule has 3 aromatic heterocycles. The Kier molecular flexibility index (Phi) is 6.07. The minimum absolute atomic E-state index is 0.0813. The number of pyridine rings is 1. The standard InChI is InChI=1S/C21H26F3N7O/c1-3-8-30-12-16(14(2)28-30)10-25-19(32)15-5-4-9-29(11-15)20-27-26-18-7-6-17(13-31(18)20)21(22,23)24/h6-7,12-13,15H,3-5,8-11H2,1-2H3,(H,25,32). The molecular formula is C21H26F3N7O. The van der Waals surface area contributed by atoms with Crippen molar-refractivity contribution in [2.45, 2.75) is 52.4 Å². The second-order valence-electron chi connectivity index (χ2n) is 8.15. The van der Waals surface area contributed by atoms with Crippen LogP contribution in [-0.2, 0) is 24.1 Å². The number of carbonyl (C=O) groups excluding carboxylic acids is 1. The zero-order chi connectivity index (χ0) is 22.9. The lowest BCUT2D eigenvalue weighted by molar-refractivity contribution is -0.137. The zero-order valence-corrected chi connectivity index (χ0v) is 18.1. The van der Waals surface area contributed by atoms with Crippen molar-refractivity contribution in [2.75, 3.05) is 18.0 Å². The Bertz CT molecular complexity index is 1100. The fourth-order valence-electron chi connectivity index (χ4n) is 4.04. The number of aryl methyl sites for hydroxylation is 2. The van der Waals surface area contributed by atoms with Crippen molar-refractivity contribution in [3.05, 3.63) is 41.3 Å². The van der Waals surface area contributed by atoms with Gasteiger partial charge in [0.2, 0.25) is 11.9 Å². The molecule has 4 heterocycles. The fourth-order valence-corrected chi connectivity index (χ4v) is 4.04. The molecule has 0 spiro atoms. The maximum absolute atomic E-state index is 13.1. The number of rotatable bonds is 6. The fraction of sp³-hybridized carbons (Fsp3) is 0.524. The Morgan fingerprint density at radius 2 is 2.06 bits per heavy atom. The van der Waals surface area contributed by atoms with Gasteiger partial charge < -0.3 is 10.2 Å². The van der Waals surface area contributed by atoms with Crippen LogP contribution in [0, 0.1) is 12.8 Å². The SMILES string of the molecule is CCCn1cc(CNC(=O)C2CCCN(c3nnc4ccc(C(F)(F)F)cn34)C2)c(C)n1. The predicted octanol–water partition coefficient (Wildman–Crippen LogP) is 3.20. The van der Waals surface area contributed by atoms with Crippen LogP contribution in [0.25, 0.3) is 5.65 Å². The molecule has 0 radical (unpaired) electrons. The summed E-state index contributed by atoms with van der Waals surface area (Å²) in [5.74, 6) is -0.0460. The van der Waals surface area contributed by atoms with Gasteiger partial charge in [0.05, 0.1) is 17.2 Å². The Morgan fingerprint density at radius 3 is 2.81 bits per heavy atom. The van der Waals surface area contributed by atoms with Gasteiger partial charge in [-0.05, 0) is 38.3 Å². The number of hydrogen-bond donors (Lipinski definition) is 1. The van der Waals surface area contributed by atoms with Gasteiger partial charge in [0.1, 0.15) is 0 Å². The Balaban J connectivity index is 1.45.